The summed E-state index contributed by atoms with van der Waals surface area (Å²) in [6, 6.07) is 7.13. The maximum Gasteiger partial charge on any atom is 0.372 e. The Morgan fingerprint density at radius 3 is 2.78 bits per heavy atom. The standard InChI is InChI=1S/C13H13NO4/c1-8(2)14-17-7-10-9-5-3-4-6-11(9)18-12(10)13(15)16/h3-6H,7H2,1-2H3,(H,15,16). The van der Waals surface area contributed by atoms with Gasteiger partial charge in [0, 0.05) is 5.39 Å². The first kappa shape index (κ1) is 12.2. The molecule has 2 rings (SSSR count). The van der Waals surface area contributed by atoms with Crippen LogP contribution in [0, 0.1) is 0 Å². The van der Waals surface area contributed by atoms with Crippen molar-refractivity contribution in [1.29, 1.82) is 0 Å². The van der Waals surface area contributed by atoms with E-state index in [9.17, 15) is 4.79 Å². The lowest BCUT2D eigenvalue weighted by molar-refractivity contribution is 0.0654. The van der Waals surface area contributed by atoms with Gasteiger partial charge in [0.25, 0.3) is 0 Å². The average molecular weight is 247 g/mol. The number of para-hydroxylation sites is 1. The first-order valence-corrected chi connectivity index (χ1v) is 5.46. The van der Waals surface area contributed by atoms with Crippen LogP contribution < -0.4 is 0 Å². The number of fused-ring (bicyclic) bond motifs is 1. The molecule has 1 aromatic carbocycles. The molecule has 0 bridgehead atoms. The number of furan rings is 1. The summed E-state index contributed by atoms with van der Waals surface area (Å²) in [6.07, 6.45) is 0. The third kappa shape index (κ3) is 2.34. The second kappa shape index (κ2) is 4.91. The van der Waals surface area contributed by atoms with Crippen LogP contribution in [-0.4, -0.2) is 16.8 Å². The van der Waals surface area contributed by atoms with Crippen molar-refractivity contribution in [2.24, 2.45) is 5.16 Å². The molecular weight excluding hydrogens is 234 g/mol. The zero-order valence-electron chi connectivity index (χ0n) is 10.1. The van der Waals surface area contributed by atoms with E-state index >= 15 is 0 Å². The van der Waals surface area contributed by atoms with Crippen molar-refractivity contribution in [3.63, 3.8) is 0 Å². The average Bonchev–Trinajstić information content (AvgIpc) is 2.68. The van der Waals surface area contributed by atoms with Gasteiger partial charge in [0.1, 0.15) is 12.2 Å². The van der Waals surface area contributed by atoms with Crippen LogP contribution in [0.25, 0.3) is 11.0 Å². The third-order valence-corrected chi connectivity index (χ3v) is 2.35. The number of benzene rings is 1. The molecule has 1 heterocycles. The van der Waals surface area contributed by atoms with E-state index < -0.39 is 5.97 Å². The Morgan fingerprint density at radius 2 is 2.11 bits per heavy atom. The molecule has 5 nitrogen and oxygen atoms in total. The summed E-state index contributed by atoms with van der Waals surface area (Å²) in [5, 5.41) is 13.6. The molecule has 0 amide bonds. The van der Waals surface area contributed by atoms with Gasteiger partial charge in [-0.05, 0) is 19.9 Å². The van der Waals surface area contributed by atoms with Crippen molar-refractivity contribution in [1.82, 2.24) is 0 Å². The van der Waals surface area contributed by atoms with Crippen molar-refractivity contribution in [3.05, 3.63) is 35.6 Å². The van der Waals surface area contributed by atoms with Gasteiger partial charge in [-0.1, -0.05) is 23.4 Å². The second-order valence-corrected chi connectivity index (χ2v) is 4.02. The van der Waals surface area contributed by atoms with E-state index in [1.807, 2.05) is 6.07 Å². The van der Waals surface area contributed by atoms with E-state index in [4.69, 9.17) is 14.4 Å². The SMILES string of the molecule is CC(C)=NOCc1c(C(=O)O)oc2ccccc12. The lowest BCUT2D eigenvalue weighted by Crippen LogP contribution is -2.00. The van der Waals surface area contributed by atoms with Gasteiger partial charge in [-0.3, -0.25) is 0 Å². The van der Waals surface area contributed by atoms with E-state index in [1.54, 1.807) is 32.0 Å². The van der Waals surface area contributed by atoms with Crippen molar-refractivity contribution in [3.8, 4) is 0 Å². The fraction of sp³-hybridized carbons (Fsp3) is 0.231. The number of rotatable bonds is 4. The summed E-state index contributed by atoms with van der Waals surface area (Å²) in [5.41, 5.74) is 1.80. The van der Waals surface area contributed by atoms with Crippen LogP contribution in [0.1, 0.15) is 30.0 Å². The minimum atomic E-state index is -1.11. The van der Waals surface area contributed by atoms with E-state index in [-0.39, 0.29) is 12.4 Å². The highest BCUT2D eigenvalue weighted by Crippen LogP contribution is 2.26. The van der Waals surface area contributed by atoms with Crippen molar-refractivity contribution >= 4 is 22.7 Å². The molecule has 0 radical (unpaired) electrons. The number of hydrogen-bond donors (Lipinski definition) is 1. The molecule has 0 aliphatic heterocycles. The molecular formula is C13H13NO4. The zero-order valence-corrected chi connectivity index (χ0v) is 10.1. The topological polar surface area (TPSA) is 72.0 Å². The van der Waals surface area contributed by atoms with Crippen molar-refractivity contribution in [2.45, 2.75) is 20.5 Å². The summed E-state index contributed by atoms with van der Waals surface area (Å²) in [5.74, 6) is -1.21. The third-order valence-electron chi connectivity index (χ3n) is 2.35. The maximum atomic E-state index is 11.1. The second-order valence-electron chi connectivity index (χ2n) is 4.02. The molecule has 0 saturated heterocycles. The normalized spacial score (nSPS) is 10.3. The highest BCUT2D eigenvalue weighted by molar-refractivity contribution is 5.95. The van der Waals surface area contributed by atoms with Crippen LogP contribution in [0.4, 0.5) is 0 Å². The molecule has 0 unspecified atom stereocenters. The van der Waals surface area contributed by atoms with Crippen LogP contribution >= 0.6 is 0 Å². The molecule has 0 fully saturated rings. The maximum absolute atomic E-state index is 11.1. The summed E-state index contributed by atoms with van der Waals surface area (Å²) < 4.78 is 5.29. The first-order chi connectivity index (χ1) is 8.59. The van der Waals surface area contributed by atoms with Gasteiger partial charge in [-0.15, -0.1) is 0 Å². The van der Waals surface area contributed by atoms with Gasteiger partial charge < -0.3 is 14.4 Å². The first-order valence-electron chi connectivity index (χ1n) is 5.46. The van der Waals surface area contributed by atoms with Gasteiger partial charge in [0.2, 0.25) is 5.76 Å². The van der Waals surface area contributed by atoms with Gasteiger partial charge >= 0.3 is 5.97 Å². The van der Waals surface area contributed by atoms with Crippen LogP contribution in [0.5, 0.6) is 0 Å². The fourth-order valence-corrected chi connectivity index (χ4v) is 1.64. The van der Waals surface area contributed by atoms with Crippen molar-refractivity contribution in [2.75, 3.05) is 0 Å². The predicted molar refractivity (Wildman–Crippen MR) is 66.7 cm³/mol. The monoisotopic (exact) mass is 247 g/mol. The molecule has 5 heteroatoms. The molecule has 2 aromatic rings. The predicted octanol–water partition coefficient (Wildman–Crippen LogP) is 3.04. The molecule has 1 aromatic heterocycles. The Balaban J connectivity index is 2.42. The van der Waals surface area contributed by atoms with E-state index in [2.05, 4.69) is 5.16 Å². The number of hydrogen-bond acceptors (Lipinski definition) is 4. The smallest absolute Gasteiger partial charge is 0.372 e. The molecule has 0 aliphatic rings. The lowest BCUT2D eigenvalue weighted by Gasteiger charge is -1.99. The van der Waals surface area contributed by atoms with Crippen LogP contribution in [0.3, 0.4) is 0 Å². The Labute approximate surface area is 104 Å². The Hall–Kier alpha value is -2.30. The number of aromatic carboxylic acids is 1. The molecule has 1 N–H and O–H groups in total. The molecule has 0 spiro atoms. The molecule has 0 aliphatic carbocycles. The van der Waals surface area contributed by atoms with Crippen LogP contribution in [-0.2, 0) is 11.4 Å². The largest absolute Gasteiger partial charge is 0.475 e. The highest BCUT2D eigenvalue weighted by atomic mass is 16.6. The summed E-state index contributed by atoms with van der Waals surface area (Å²) in [7, 11) is 0. The van der Waals surface area contributed by atoms with E-state index in [0.717, 1.165) is 11.1 Å². The fourth-order valence-electron chi connectivity index (χ4n) is 1.64. The summed E-state index contributed by atoms with van der Waals surface area (Å²) >= 11 is 0. The summed E-state index contributed by atoms with van der Waals surface area (Å²) in [4.78, 5) is 16.2. The van der Waals surface area contributed by atoms with Gasteiger partial charge in [-0.25, -0.2) is 4.79 Å². The Kier molecular flexibility index (Phi) is 3.32. The number of carboxylic acid groups (broad SMARTS) is 1. The van der Waals surface area contributed by atoms with Gasteiger partial charge in [-0.2, -0.15) is 0 Å². The highest BCUT2D eigenvalue weighted by Gasteiger charge is 2.19. The number of nitrogens with zero attached hydrogens (tertiary/aromatic N) is 1. The minimum absolute atomic E-state index is 0.0732. The van der Waals surface area contributed by atoms with Crippen LogP contribution in [0.2, 0.25) is 0 Å². The Morgan fingerprint density at radius 1 is 1.39 bits per heavy atom. The molecule has 0 saturated carbocycles. The number of carboxylic acids is 1. The van der Waals surface area contributed by atoms with Crippen LogP contribution in [0.15, 0.2) is 33.8 Å². The quantitative estimate of drug-likeness (QED) is 0.665. The number of carbonyl (C=O) groups is 1. The molecule has 0 atom stereocenters. The zero-order chi connectivity index (χ0) is 13.1. The lowest BCUT2D eigenvalue weighted by atomic mass is 10.1. The van der Waals surface area contributed by atoms with Crippen molar-refractivity contribution < 1.29 is 19.2 Å². The minimum Gasteiger partial charge on any atom is -0.475 e. The molecule has 18 heavy (non-hydrogen) atoms. The number of oxime groups is 1. The Bertz CT molecular complexity index is 608. The van der Waals surface area contributed by atoms with Gasteiger partial charge in [0.15, 0.2) is 0 Å². The van der Waals surface area contributed by atoms with E-state index in [1.165, 1.54) is 0 Å². The molecule has 94 valence electrons. The van der Waals surface area contributed by atoms with E-state index in [0.29, 0.717) is 11.1 Å². The summed E-state index contributed by atoms with van der Waals surface area (Å²) in [6.45, 7) is 3.67. The van der Waals surface area contributed by atoms with Gasteiger partial charge in [0.05, 0.1) is 11.3 Å².